The average Bonchev–Trinajstić information content (AvgIpc) is 3.04. The van der Waals surface area contributed by atoms with Crippen LogP contribution < -0.4 is 0 Å². The van der Waals surface area contributed by atoms with Crippen LogP contribution in [0.4, 0.5) is 0 Å². The fourth-order valence-electron chi connectivity index (χ4n) is 3.35. The minimum Gasteiger partial charge on any atom is -0.302 e. The monoisotopic (exact) mass is 469 g/mol. The number of amides is 1. The molecule has 3 unspecified atom stereocenters. The van der Waals surface area contributed by atoms with Crippen molar-refractivity contribution in [2.75, 3.05) is 0 Å². The number of carbonyl (C=O) groups excluding carboxylic acids is 1. The second kappa shape index (κ2) is 7.34. The highest BCUT2D eigenvalue weighted by Gasteiger charge is 2.44. The number of carbonyl (C=O) groups is 1. The minimum absolute atomic E-state index is 0.0801. The Balaban J connectivity index is 1.83. The van der Waals surface area contributed by atoms with Gasteiger partial charge in [-0.1, -0.05) is 78.7 Å². The molecule has 0 saturated carbocycles. The molecule has 1 fully saturated rings. The molecule has 1 aliphatic rings. The number of alkyl halides is 1. The Morgan fingerprint density at radius 3 is 2.46 bits per heavy atom. The van der Waals surface area contributed by atoms with Gasteiger partial charge in [0.2, 0.25) is 5.91 Å². The Morgan fingerprint density at radius 2 is 1.69 bits per heavy atom. The lowest BCUT2D eigenvalue weighted by Crippen LogP contribution is -2.34. The van der Waals surface area contributed by atoms with Crippen molar-refractivity contribution in [3.63, 3.8) is 0 Å². The molecule has 3 aromatic carbocycles. The van der Waals surface area contributed by atoms with Crippen molar-refractivity contribution in [3.8, 4) is 12.3 Å². The van der Waals surface area contributed by atoms with Gasteiger partial charge < -0.3 is 4.90 Å². The SMILES string of the molecule is C#CC(I)N1C(=O)C(c2ccccc2)SC1c1cccc2ccccc12. The summed E-state index contributed by atoms with van der Waals surface area (Å²) in [6.45, 7) is 0. The third-order valence-corrected chi connectivity index (χ3v) is 7.01. The first-order valence-corrected chi connectivity index (χ1v) is 10.5. The van der Waals surface area contributed by atoms with E-state index in [-0.39, 0.29) is 20.6 Å². The van der Waals surface area contributed by atoms with Gasteiger partial charge in [0, 0.05) is 0 Å². The predicted octanol–water partition coefficient (Wildman–Crippen LogP) is 5.55. The molecule has 0 bridgehead atoms. The molecule has 26 heavy (non-hydrogen) atoms. The highest BCUT2D eigenvalue weighted by atomic mass is 127. The zero-order valence-corrected chi connectivity index (χ0v) is 16.9. The number of fused-ring (bicyclic) bond motifs is 1. The minimum atomic E-state index is -0.287. The third-order valence-electron chi connectivity index (χ3n) is 4.57. The number of benzene rings is 3. The predicted molar refractivity (Wildman–Crippen MR) is 117 cm³/mol. The van der Waals surface area contributed by atoms with Gasteiger partial charge in [-0.05, 0) is 44.5 Å². The molecule has 4 heteroatoms. The van der Waals surface area contributed by atoms with E-state index < -0.39 is 0 Å². The van der Waals surface area contributed by atoms with Crippen LogP contribution >= 0.6 is 34.4 Å². The molecule has 3 atom stereocenters. The normalized spacial score (nSPS) is 20.9. The van der Waals surface area contributed by atoms with Crippen molar-refractivity contribution < 1.29 is 4.79 Å². The summed E-state index contributed by atoms with van der Waals surface area (Å²) in [6, 6.07) is 24.5. The van der Waals surface area contributed by atoms with Gasteiger partial charge in [0.15, 0.2) is 0 Å². The number of rotatable bonds is 3. The Morgan fingerprint density at radius 1 is 1.00 bits per heavy atom. The van der Waals surface area contributed by atoms with Crippen molar-refractivity contribution in [1.82, 2.24) is 4.90 Å². The third kappa shape index (κ3) is 3.00. The van der Waals surface area contributed by atoms with Gasteiger partial charge in [-0.25, -0.2) is 0 Å². The number of nitrogens with zero attached hydrogens (tertiary/aromatic N) is 1. The van der Waals surface area contributed by atoms with Gasteiger partial charge in [0.1, 0.15) is 14.7 Å². The molecule has 4 rings (SSSR count). The molecule has 0 aromatic heterocycles. The van der Waals surface area contributed by atoms with Crippen LogP contribution in [0.1, 0.15) is 21.8 Å². The van der Waals surface area contributed by atoms with Crippen molar-refractivity contribution in [3.05, 3.63) is 83.9 Å². The highest BCUT2D eigenvalue weighted by Crippen LogP contribution is 2.53. The molecule has 1 aliphatic heterocycles. The zero-order chi connectivity index (χ0) is 18.1. The van der Waals surface area contributed by atoms with Crippen LogP contribution in [0, 0.1) is 12.3 Å². The topological polar surface area (TPSA) is 20.3 Å². The van der Waals surface area contributed by atoms with Gasteiger partial charge in [0.25, 0.3) is 0 Å². The summed E-state index contributed by atoms with van der Waals surface area (Å²) >= 11 is 3.84. The number of thioether (sulfide) groups is 1. The van der Waals surface area contributed by atoms with Crippen LogP contribution in [0.5, 0.6) is 0 Å². The molecular formula is C22H16INOS. The summed E-state index contributed by atoms with van der Waals surface area (Å²) in [5.41, 5.74) is 2.16. The molecule has 0 radical (unpaired) electrons. The summed E-state index contributed by atoms with van der Waals surface area (Å²) in [4.78, 5) is 15.1. The number of hydrogen-bond donors (Lipinski definition) is 0. The van der Waals surface area contributed by atoms with Crippen LogP contribution in [0.15, 0.2) is 72.8 Å². The second-order valence-electron chi connectivity index (χ2n) is 6.10. The fraction of sp³-hybridized carbons (Fsp3) is 0.136. The molecule has 0 spiro atoms. The maximum Gasteiger partial charge on any atom is 0.243 e. The Bertz CT molecular complexity index is 992. The molecule has 1 amide bonds. The number of terminal acetylenes is 1. The Hall–Kier alpha value is -1.97. The Kier molecular flexibility index (Phi) is 4.92. The van der Waals surface area contributed by atoms with Crippen molar-refractivity contribution in [2.45, 2.75) is 14.7 Å². The van der Waals surface area contributed by atoms with Crippen molar-refractivity contribution in [2.24, 2.45) is 0 Å². The zero-order valence-electron chi connectivity index (χ0n) is 13.9. The molecule has 3 aromatic rings. The lowest BCUT2D eigenvalue weighted by Gasteiger charge is -2.27. The lowest BCUT2D eigenvalue weighted by molar-refractivity contribution is -0.129. The van der Waals surface area contributed by atoms with E-state index in [4.69, 9.17) is 6.42 Å². The fourth-order valence-corrected chi connectivity index (χ4v) is 5.69. The summed E-state index contributed by atoms with van der Waals surface area (Å²) < 4.78 is -0.287. The first kappa shape index (κ1) is 17.4. The molecule has 128 valence electrons. The van der Waals surface area contributed by atoms with Crippen LogP contribution in [0.25, 0.3) is 10.8 Å². The van der Waals surface area contributed by atoms with E-state index >= 15 is 0 Å². The van der Waals surface area contributed by atoms with E-state index in [9.17, 15) is 4.79 Å². The largest absolute Gasteiger partial charge is 0.302 e. The average molecular weight is 469 g/mol. The van der Waals surface area contributed by atoms with Gasteiger partial charge in [0.05, 0.1) is 0 Å². The summed E-state index contributed by atoms with van der Waals surface area (Å²) in [5, 5.41) is 2.01. The first-order valence-electron chi connectivity index (χ1n) is 8.31. The van der Waals surface area contributed by atoms with E-state index in [1.54, 1.807) is 11.8 Å². The van der Waals surface area contributed by atoms with Gasteiger partial charge in [-0.2, -0.15) is 0 Å². The van der Waals surface area contributed by atoms with Crippen LogP contribution in [-0.4, -0.2) is 14.9 Å². The van der Waals surface area contributed by atoms with Gasteiger partial charge in [-0.15, -0.1) is 18.2 Å². The first-order chi connectivity index (χ1) is 12.7. The summed E-state index contributed by atoms with van der Waals surface area (Å²) in [5.74, 6) is 2.82. The van der Waals surface area contributed by atoms with Crippen LogP contribution in [0.3, 0.4) is 0 Å². The van der Waals surface area contributed by atoms with Gasteiger partial charge >= 0.3 is 0 Å². The van der Waals surface area contributed by atoms with E-state index in [0.717, 1.165) is 11.1 Å². The molecule has 2 nitrogen and oxygen atoms in total. The second-order valence-corrected chi connectivity index (χ2v) is 8.47. The van der Waals surface area contributed by atoms with E-state index in [1.165, 1.54) is 10.8 Å². The molecule has 1 heterocycles. The van der Waals surface area contributed by atoms with Crippen molar-refractivity contribution in [1.29, 1.82) is 0 Å². The highest BCUT2D eigenvalue weighted by molar-refractivity contribution is 14.1. The summed E-state index contributed by atoms with van der Waals surface area (Å²) in [7, 11) is 0. The van der Waals surface area contributed by atoms with Crippen LogP contribution in [-0.2, 0) is 4.79 Å². The number of hydrogen-bond acceptors (Lipinski definition) is 2. The summed E-state index contributed by atoms with van der Waals surface area (Å²) in [6.07, 6.45) is 5.69. The number of halogens is 1. The Labute approximate surface area is 171 Å². The van der Waals surface area contributed by atoms with E-state index in [0.29, 0.717) is 0 Å². The maximum absolute atomic E-state index is 13.2. The molecular weight excluding hydrogens is 453 g/mol. The smallest absolute Gasteiger partial charge is 0.243 e. The molecule has 0 aliphatic carbocycles. The standard InChI is InChI=1S/C22H16INOS/c1-2-19(23)24-21(25)20(16-10-4-3-5-11-16)26-22(24)18-14-8-12-15-9-6-7-13-17(15)18/h1,3-14,19-20,22H. The molecule has 1 saturated heterocycles. The molecule has 0 N–H and O–H groups in total. The maximum atomic E-state index is 13.2. The lowest BCUT2D eigenvalue weighted by atomic mass is 10.0. The quantitative estimate of drug-likeness (QED) is 0.217. The van der Waals surface area contributed by atoms with E-state index in [1.807, 2.05) is 47.4 Å². The van der Waals surface area contributed by atoms with Crippen molar-refractivity contribution >= 4 is 51.0 Å². The van der Waals surface area contributed by atoms with Crippen LogP contribution in [0.2, 0.25) is 0 Å². The van der Waals surface area contributed by atoms with Gasteiger partial charge in [-0.3, -0.25) is 4.79 Å². The van der Waals surface area contributed by atoms with E-state index in [2.05, 4.69) is 58.8 Å².